The summed E-state index contributed by atoms with van der Waals surface area (Å²) in [6, 6.07) is 3.77. The van der Waals surface area contributed by atoms with Crippen LogP contribution in [0.25, 0.3) is 11.3 Å². The molecule has 2 aliphatic rings. The van der Waals surface area contributed by atoms with Gasteiger partial charge >= 0.3 is 5.97 Å². The van der Waals surface area contributed by atoms with E-state index < -0.39 is 18.2 Å². The molecule has 6 nitrogen and oxygen atoms in total. The van der Waals surface area contributed by atoms with Gasteiger partial charge < -0.3 is 20.5 Å². The van der Waals surface area contributed by atoms with Gasteiger partial charge in [0.1, 0.15) is 5.76 Å². The number of aromatic nitrogens is 1. The van der Waals surface area contributed by atoms with Crippen LogP contribution in [0.3, 0.4) is 0 Å². The summed E-state index contributed by atoms with van der Waals surface area (Å²) in [5.41, 5.74) is 2.41. The molecule has 0 saturated carbocycles. The van der Waals surface area contributed by atoms with Crippen molar-refractivity contribution in [1.82, 2.24) is 4.98 Å². The van der Waals surface area contributed by atoms with E-state index in [4.69, 9.17) is 16.3 Å². The molecule has 1 aliphatic heterocycles. The Morgan fingerprint density at radius 3 is 3.00 bits per heavy atom. The molecule has 3 atom stereocenters. The molecule has 0 fully saturated rings. The highest BCUT2D eigenvalue weighted by Crippen LogP contribution is 2.37. The van der Waals surface area contributed by atoms with Crippen LogP contribution in [0, 0.1) is 11.8 Å². The number of allylic oxidation sites excluding steroid dienone is 2. The van der Waals surface area contributed by atoms with Crippen LogP contribution in [0.1, 0.15) is 6.92 Å². The van der Waals surface area contributed by atoms with E-state index in [9.17, 15) is 9.90 Å². The van der Waals surface area contributed by atoms with Crippen molar-refractivity contribution in [2.45, 2.75) is 13.3 Å². The van der Waals surface area contributed by atoms with Crippen LogP contribution in [-0.4, -0.2) is 22.4 Å². The fraction of sp³-hybridized carbons (Fsp3) is 0.222. The number of ether oxygens (including phenoxy) is 1. The average molecular weight is 390 g/mol. The second-order valence-electron chi connectivity index (χ2n) is 6.16. The molecule has 2 aromatic heterocycles. The number of pyridine rings is 1. The Morgan fingerprint density at radius 1 is 1.42 bits per heavy atom. The lowest BCUT2D eigenvalue weighted by atomic mass is 9.89. The topological polar surface area (TPSA) is 83.5 Å². The van der Waals surface area contributed by atoms with E-state index in [0.29, 0.717) is 22.3 Å². The molecule has 0 aromatic carbocycles. The molecule has 0 saturated heterocycles. The number of thiophene rings is 1. The molecule has 8 heteroatoms. The third-order valence-corrected chi connectivity index (χ3v) is 5.31. The second-order valence-corrected chi connectivity index (χ2v) is 7.35. The largest absolute Gasteiger partial charge is 0.481 e. The number of carboxylic acids is 1. The van der Waals surface area contributed by atoms with Crippen molar-refractivity contribution < 1.29 is 14.6 Å². The molecule has 1 aliphatic carbocycles. The number of nitrogens with zero attached hydrogens (tertiary/aromatic N) is 1. The summed E-state index contributed by atoms with van der Waals surface area (Å²) in [6.45, 7) is 1.86. The Labute approximate surface area is 159 Å². The Hall–Kier alpha value is -2.51. The first-order valence-electron chi connectivity index (χ1n) is 8.07. The number of carboxylic acid groups (broad SMARTS) is 1. The summed E-state index contributed by atoms with van der Waals surface area (Å²) in [7, 11) is 0. The number of carbonyl (C=O) groups is 1. The van der Waals surface area contributed by atoms with Gasteiger partial charge in [0.15, 0.2) is 5.82 Å². The molecular formula is C18H16ClN3O3S. The number of fused-ring (bicyclic) bond motifs is 1. The monoisotopic (exact) mass is 389 g/mol. The van der Waals surface area contributed by atoms with Gasteiger partial charge in [-0.05, 0) is 35.6 Å². The standard InChI is InChI=1S/C18H16ClN3O3S/c1-9-2-3-11(6-12(9)17(23)24)25-18-20-14-7-13(19)15(21-16(14)22-18)10-4-5-26-8-10/h2-9,12,18,20H,1H3,(H,21,22)(H,23,24). The highest BCUT2D eigenvalue weighted by molar-refractivity contribution is 7.08. The van der Waals surface area contributed by atoms with E-state index in [2.05, 4.69) is 15.6 Å². The maximum atomic E-state index is 11.3. The number of rotatable bonds is 4. The summed E-state index contributed by atoms with van der Waals surface area (Å²) in [6.07, 6.45) is 4.69. The van der Waals surface area contributed by atoms with Gasteiger partial charge in [-0.25, -0.2) is 4.98 Å². The zero-order valence-corrected chi connectivity index (χ0v) is 15.3. The minimum atomic E-state index is -0.868. The van der Waals surface area contributed by atoms with Crippen LogP contribution in [0.2, 0.25) is 5.02 Å². The van der Waals surface area contributed by atoms with E-state index in [1.807, 2.05) is 29.8 Å². The van der Waals surface area contributed by atoms with E-state index >= 15 is 0 Å². The summed E-state index contributed by atoms with van der Waals surface area (Å²) < 4.78 is 5.84. The molecule has 4 rings (SSSR count). The van der Waals surface area contributed by atoms with Crippen molar-refractivity contribution >= 4 is 40.4 Å². The lowest BCUT2D eigenvalue weighted by Crippen LogP contribution is -2.27. The Morgan fingerprint density at radius 2 is 2.27 bits per heavy atom. The zero-order valence-electron chi connectivity index (χ0n) is 13.8. The molecule has 0 radical (unpaired) electrons. The van der Waals surface area contributed by atoms with Crippen molar-refractivity contribution in [3.05, 3.63) is 51.9 Å². The molecule has 0 spiro atoms. The Bertz CT molecular complexity index is 911. The summed E-state index contributed by atoms with van der Waals surface area (Å²) in [4.78, 5) is 15.9. The quantitative estimate of drug-likeness (QED) is 0.719. The minimum absolute atomic E-state index is 0.0739. The number of aliphatic carboxylic acids is 1. The van der Waals surface area contributed by atoms with Gasteiger partial charge in [-0.2, -0.15) is 11.3 Å². The van der Waals surface area contributed by atoms with Crippen LogP contribution in [0.4, 0.5) is 11.5 Å². The molecule has 3 unspecified atom stereocenters. The van der Waals surface area contributed by atoms with Crippen LogP contribution >= 0.6 is 22.9 Å². The van der Waals surface area contributed by atoms with Crippen molar-refractivity contribution in [1.29, 1.82) is 0 Å². The van der Waals surface area contributed by atoms with Gasteiger partial charge in [0.25, 0.3) is 0 Å². The van der Waals surface area contributed by atoms with Crippen LogP contribution in [0.5, 0.6) is 0 Å². The number of anilines is 2. The highest BCUT2D eigenvalue weighted by Gasteiger charge is 2.28. The number of nitrogens with one attached hydrogen (secondary N) is 2. The minimum Gasteiger partial charge on any atom is -0.481 e. The lowest BCUT2D eigenvalue weighted by Gasteiger charge is -2.22. The highest BCUT2D eigenvalue weighted by atomic mass is 35.5. The van der Waals surface area contributed by atoms with Crippen LogP contribution in [0.15, 0.2) is 46.9 Å². The molecule has 0 bridgehead atoms. The number of halogens is 1. The van der Waals surface area contributed by atoms with Gasteiger partial charge in [-0.15, -0.1) is 0 Å². The van der Waals surface area contributed by atoms with Crippen LogP contribution in [-0.2, 0) is 9.53 Å². The van der Waals surface area contributed by atoms with E-state index in [1.165, 1.54) is 0 Å². The van der Waals surface area contributed by atoms with E-state index in [0.717, 1.165) is 11.3 Å². The zero-order chi connectivity index (χ0) is 18.3. The summed E-state index contributed by atoms with van der Waals surface area (Å²) in [5, 5.41) is 20.1. The van der Waals surface area contributed by atoms with Gasteiger partial charge in [0.2, 0.25) is 6.35 Å². The molecule has 134 valence electrons. The first-order chi connectivity index (χ1) is 12.5. The molecule has 3 N–H and O–H groups in total. The fourth-order valence-corrected chi connectivity index (χ4v) is 3.83. The predicted molar refractivity (Wildman–Crippen MR) is 102 cm³/mol. The first kappa shape index (κ1) is 16.9. The second kappa shape index (κ2) is 6.66. The Balaban J connectivity index is 1.52. The Kier molecular flexibility index (Phi) is 4.34. The molecule has 0 amide bonds. The molecular weight excluding hydrogens is 374 g/mol. The van der Waals surface area contributed by atoms with Gasteiger partial charge in [0.05, 0.1) is 22.3 Å². The molecule has 2 aromatic rings. The van der Waals surface area contributed by atoms with Gasteiger partial charge in [-0.3, -0.25) is 4.79 Å². The maximum Gasteiger partial charge on any atom is 0.311 e. The SMILES string of the molecule is CC1C=CC(OC2Nc3cc(Cl)c(-c4ccsc4)nc3N2)=CC1C(=O)O. The van der Waals surface area contributed by atoms with Crippen molar-refractivity contribution in [3.63, 3.8) is 0 Å². The molecule has 3 heterocycles. The van der Waals surface area contributed by atoms with Crippen LogP contribution < -0.4 is 10.6 Å². The first-order valence-corrected chi connectivity index (χ1v) is 9.39. The fourth-order valence-electron chi connectivity index (χ4n) is 2.93. The summed E-state index contributed by atoms with van der Waals surface area (Å²) in [5.74, 6) is -0.402. The maximum absolute atomic E-state index is 11.3. The van der Waals surface area contributed by atoms with Gasteiger partial charge in [-0.1, -0.05) is 24.6 Å². The van der Waals surface area contributed by atoms with Crippen molar-refractivity contribution in [2.75, 3.05) is 10.6 Å². The smallest absolute Gasteiger partial charge is 0.311 e. The van der Waals surface area contributed by atoms with Crippen molar-refractivity contribution in [3.8, 4) is 11.3 Å². The third-order valence-electron chi connectivity index (χ3n) is 4.34. The molecule has 26 heavy (non-hydrogen) atoms. The normalized spacial score (nSPS) is 23.6. The lowest BCUT2D eigenvalue weighted by molar-refractivity contribution is -0.141. The summed E-state index contributed by atoms with van der Waals surface area (Å²) >= 11 is 7.94. The van der Waals surface area contributed by atoms with E-state index in [1.54, 1.807) is 29.6 Å². The average Bonchev–Trinajstić information content (AvgIpc) is 3.24. The van der Waals surface area contributed by atoms with Gasteiger partial charge in [0, 0.05) is 10.9 Å². The number of hydrogen-bond donors (Lipinski definition) is 3. The predicted octanol–water partition coefficient (Wildman–Crippen LogP) is 4.39. The third kappa shape index (κ3) is 3.15. The number of hydrogen-bond acceptors (Lipinski definition) is 6. The van der Waals surface area contributed by atoms with Crippen molar-refractivity contribution in [2.24, 2.45) is 11.8 Å². The van der Waals surface area contributed by atoms with E-state index in [-0.39, 0.29) is 5.92 Å².